The molecule has 0 bridgehead atoms. The van der Waals surface area contributed by atoms with E-state index >= 15 is 0 Å². The molecule has 5 aromatic rings. The first kappa shape index (κ1) is 27.9. The summed E-state index contributed by atoms with van der Waals surface area (Å²) in [6, 6.07) is 20.0. The van der Waals surface area contributed by atoms with Crippen LogP contribution in [0.15, 0.2) is 79.1 Å². The Morgan fingerprint density at radius 3 is 2.12 bits per heavy atom. The molecule has 0 unspecified atom stereocenters. The highest BCUT2D eigenvalue weighted by molar-refractivity contribution is 6.00. The van der Waals surface area contributed by atoms with E-state index in [1.54, 1.807) is 43.0 Å². The number of carbonyl (C=O) groups is 2. The average Bonchev–Trinajstić information content (AvgIpc) is 3.47. The van der Waals surface area contributed by atoms with Crippen LogP contribution >= 0.6 is 0 Å². The van der Waals surface area contributed by atoms with Gasteiger partial charge in [0.1, 0.15) is 5.82 Å². The molecule has 0 spiro atoms. The molecule has 3 heterocycles. The van der Waals surface area contributed by atoms with Crippen molar-refractivity contribution >= 4 is 40.0 Å². The van der Waals surface area contributed by atoms with E-state index in [2.05, 4.69) is 38.8 Å². The normalized spacial score (nSPS) is 13.1. The maximum absolute atomic E-state index is 12.6. The summed E-state index contributed by atoms with van der Waals surface area (Å²) < 4.78 is 7.37. The van der Waals surface area contributed by atoms with Crippen LogP contribution < -0.4 is 15.5 Å². The van der Waals surface area contributed by atoms with Crippen LogP contribution in [0.1, 0.15) is 10.4 Å². The van der Waals surface area contributed by atoms with Crippen LogP contribution in [-0.4, -0.2) is 77.0 Å². The van der Waals surface area contributed by atoms with Gasteiger partial charge in [0.15, 0.2) is 5.82 Å². The number of hydrogen-bond acceptors (Lipinski definition) is 7. The lowest BCUT2D eigenvalue weighted by molar-refractivity contribution is 0.0827. The highest BCUT2D eigenvalue weighted by Crippen LogP contribution is 2.32. The van der Waals surface area contributed by atoms with Crippen molar-refractivity contribution in [1.82, 2.24) is 24.6 Å². The molecular weight excluding hydrogens is 544 g/mol. The van der Waals surface area contributed by atoms with Crippen LogP contribution in [0.3, 0.4) is 0 Å². The van der Waals surface area contributed by atoms with Gasteiger partial charge in [0.25, 0.3) is 5.91 Å². The molecular formula is C32H32N8O3. The highest BCUT2D eigenvalue weighted by atomic mass is 16.5. The maximum Gasteiger partial charge on any atom is 0.323 e. The monoisotopic (exact) mass is 576 g/mol. The van der Waals surface area contributed by atoms with Gasteiger partial charge in [-0.3, -0.25) is 9.48 Å². The van der Waals surface area contributed by atoms with Crippen LogP contribution in [0.25, 0.3) is 33.4 Å². The number of fused-ring (bicyclic) bond motifs is 1. The zero-order valence-corrected chi connectivity index (χ0v) is 24.2. The van der Waals surface area contributed by atoms with Gasteiger partial charge in [-0.15, -0.1) is 0 Å². The van der Waals surface area contributed by atoms with Crippen LogP contribution in [0.5, 0.6) is 0 Å². The van der Waals surface area contributed by atoms with Gasteiger partial charge in [-0.25, -0.2) is 14.8 Å². The molecule has 0 radical (unpaired) electrons. The van der Waals surface area contributed by atoms with E-state index in [1.165, 1.54) is 4.90 Å². The second-order valence-corrected chi connectivity index (χ2v) is 10.5. The molecule has 1 saturated heterocycles. The molecule has 11 nitrogen and oxygen atoms in total. The fourth-order valence-electron chi connectivity index (χ4n) is 4.96. The molecule has 6 rings (SSSR count). The van der Waals surface area contributed by atoms with Crippen molar-refractivity contribution in [2.75, 3.05) is 55.9 Å². The van der Waals surface area contributed by atoms with Crippen LogP contribution in [0.2, 0.25) is 0 Å². The van der Waals surface area contributed by atoms with Crippen LogP contribution in [0.4, 0.5) is 22.0 Å². The SMILES string of the molecule is CN(C)C(=O)c1ccc(NC(=O)Nc2ccc(-c3nc(N4CCOCC4)c4ccc(-c5cnn(C)c5)cc4n3)cc2)cc1. The van der Waals surface area contributed by atoms with Gasteiger partial charge in [0, 0.05) is 73.9 Å². The zero-order chi connectivity index (χ0) is 29.9. The Hall–Kier alpha value is -5.29. The second kappa shape index (κ2) is 11.9. The number of ether oxygens (including phenoxy) is 1. The molecule has 3 aromatic carbocycles. The molecule has 3 amide bonds. The number of nitrogens with zero attached hydrogens (tertiary/aromatic N) is 6. The Kier molecular flexibility index (Phi) is 7.71. The van der Waals surface area contributed by atoms with E-state index in [0.717, 1.165) is 46.5 Å². The second-order valence-electron chi connectivity index (χ2n) is 10.5. The fourth-order valence-corrected chi connectivity index (χ4v) is 4.96. The van der Waals surface area contributed by atoms with Gasteiger partial charge in [0.05, 0.1) is 24.9 Å². The number of morpholine rings is 1. The number of rotatable bonds is 6. The third kappa shape index (κ3) is 6.16. The Labute approximate surface area is 249 Å². The number of urea groups is 1. The predicted molar refractivity (Wildman–Crippen MR) is 167 cm³/mol. The fraction of sp³-hybridized carbons (Fsp3) is 0.219. The molecule has 2 aromatic heterocycles. The van der Waals surface area contributed by atoms with E-state index in [1.807, 2.05) is 43.7 Å². The highest BCUT2D eigenvalue weighted by Gasteiger charge is 2.19. The largest absolute Gasteiger partial charge is 0.378 e. The molecule has 1 aliphatic rings. The first-order chi connectivity index (χ1) is 20.8. The number of benzene rings is 3. The van der Waals surface area contributed by atoms with Crippen molar-refractivity contribution in [2.45, 2.75) is 0 Å². The minimum Gasteiger partial charge on any atom is -0.378 e. The molecule has 218 valence electrons. The summed E-state index contributed by atoms with van der Waals surface area (Å²) in [4.78, 5) is 38.4. The van der Waals surface area contributed by atoms with Crippen molar-refractivity contribution in [3.05, 3.63) is 84.7 Å². The summed E-state index contributed by atoms with van der Waals surface area (Å²) in [5, 5.41) is 10.9. The predicted octanol–water partition coefficient (Wildman–Crippen LogP) is 4.88. The van der Waals surface area contributed by atoms with Crippen molar-refractivity contribution in [1.29, 1.82) is 0 Å². The van der Waals surface area contributed by atoms with E-state index in [9.17, 15) is 9.59 Å². The summed E-state index contributed by atoms with van der Waals surface area (Å²) in [5.74, 6) is 1.37. The van der Waals surface area contributed by atoms with Crippen molar-refractivity contribution < 1.29 is 14.3 Å². The lowest BCUT2D eigenvalue weighted by Gasteiger charge is -2.29. The summed E-state index contributed by atoms with van der Waals surface area (Å²) >= 11 is 0. The maximum atomic E-state index is 12.6. The number of aryl methyl sites for hydroxylation is 1. The van der Waals surface area contributed by atoms with Gasteiger partial charge in [-0.2, -0.15) is 5.10 Å². The topological polar surface area (TPSA) is 118 Å². The molecule has 1 aliphatic heterocycles. The number of hydrogen-bond donors (Lipinski definition) is 2. The molecule has 0 saturated carbocycles. The molecule has 1 fully saturated rings. The minimum atomic E-state index is -0.390. The average molecular weight is 577 g/mol. The molecule has 11 heteroatoms. The van der Waals surface area contributed by atoms with Gasteiger partial charge in [-0.05, 0) is 66.2 Å². The lowest BCUT2D eigenvalue weighted by Crippen LogP contribution is -2.37. The lowest BCUT2D eigenvalue weighted by atomic mass is 10.1. The Morgan fingerprint density at radius 1 is 0.837 bits per heavy atom. The first-order valence-electron chi connectivity index (χ1n) is 14.0. The number of amides is 3. The Morgan fingerprint density at radius 2 is 1.49 bits per heavy atom. The van der Waals surface area contributed by atoms with Gasteiger partial charge in [-0.1, -0.05) is 6.07 Å². The number of carbonyl (C=O) groups excluding carboxylic acids is 2. The van der Waals surface area contributed by atoms with Gasteiger partial charge in [0.2, 0.25) is 0 Å². The molecule has 2 N–H and O–H groups in total. The van der Waals surface area contributed by atoms with Crippen molar-refractivity contribution in [3.8, 4) is 22.5 Å². The quantitative estimate of drug-likeness (QED) is 0.296. The summed E-state index contributed by atoms with van der Waals surface area (Å²) in [6.07, 6.45) is 3.82. The van der Waals surface area contributed by atoms with E-state index in [0.29, 0.717) is 36.0 Å². The van der Waals surface area contributed by atoms with Gasteiger partial charge < -0.3 is 25.2 Å². The number of aromatic nitrogens is 4. The van der Waals surface area contributed by atoms with Crippen LogP contribution in [0, 0.1) is 0 Å². The summed E-state index contributed by atoms with van der Waals surface area (Å²) in [5.41, 5.74) is 5.46. The minimum absolute atomic E-state index is 0.0996. The number of anilines is 3. The van der Waals surface area contributed by atoms with E-state index in [4.69, 9.17) is 14.7 Å². The standard InChI is InChI=1S/C32H32N8O3/c1-38(2)31(41)22-6-11-26(12-7-22)35-32(42)34-25-9-4-21(5-10-25)29-36-28-18-23(24-19-33-39(3)20-24)8-13-27(28)30(37-29)40-14-16-43-17-15-40/h4-13,18-20H,14-17H2,1-3H3,(H2,34,35,42). The Bertz CT molecular complexity index is 1780. The summed E-state index contributed by atoms with van der Waals surface area (Å²) in [7, 11) is 5.29. The van der Waals surface area contributed by atoms with E-state index in [-0.39, 0.29) is 11.9 Å². The van der Waals surface area contributed by atoms with E-state index < -0.39 is 0 Å². The molecule has 0 atom stereocenters. The Balaban J connectivity index is 1.23. The summed E-state index contributed by atoms with van der Waals surface area (Å²) in [6.45, 7) is 2.80. The third-order valence-corrected chi connectivity index (χ3v) is 7.22. The smallest absolute Gasteiger partial charge is 0.323 e. The first-order valence-corrected chi connectivity index (χ1v) is 14.0. The van der Waals surface area contributed by atoms with Crippen molar-refractivity contribution in [3.63, 3.8) is 0 Å². The zero-order valence-electron chi connectivity index (χ0n) is 24.2. The molecule has 0 aliphatic carbocycles. The van der Waals surface area contributed by atoms with Crippen molar-refractivity contribution in [2.24, 2.45) is 7.05 Å². The number of nitrogens with one attached hydrogen (secondary N) is 2. The van der Waals surface area contributed by atoms with Gasteiger partial charge >= 0.3 is 6.03 Å². The third-order valence-electron chi connectivity index (χ3n) is 7.22. The molecule has 43 heavy (non-hydrogen) atoms. The van der Waals surface area contributed by atoms with Crippen LogP contribution in [-0.2, 0) is 11.8 Å².